The molecule has 0 amide bonds. The Morgan fingerprint density at radius 3 is 2.78 bits per heavy atom. The number of thiophene rings is 1. The van der Waals surface area contributed by atoms with Crippen molar-refractivity contribution in [3.63, 3.8) is 0 Å². The fourth-order valence-corrected chi connectivity index (χ4v) is 2.25. The highest BCUT2D eigenvalue weighted by Gasteiger charge is 2.14. The fourth-order valence-electron chi connectivity index (χ4n) is 1.58. The lowest BCUT2D eigenvalue weighted by Gasteiger charge is -1.97. The second kappa shape index (κ2) is 4.30. The molecule has 1 aromatic carbocycles. The van der Waals surface area contributed by atoms with Gasteiger partial charge in [-0.2, -0.15) is 5.10 Å². The van der Waals surface area contributed by atoms with Gasteiger partial charge in [-0.1, -0.05) is 12.1 Å². The van der Waals surface area contributed by atoms with Gasteiger partial charge in [-0.15, -0.1) is 11.3 Å². The van der Waals surface area contributed by atoms with E-state index in [4.69, 9.17) is 0 Å². The van der Waals surface area contributed by atoms with Gasteiger partial charge in [-0.25, -0.2) is 13.8 Å². The maximum Gasteiger partial charge on any atom is 0.184 e. The minimum absolute atomic E-state index is 0.0501. The van der Waals surface area contributed by atoms with Gasteiger partial charge in [0.1, 0.15) is 0 Å². The van der Waals surface area contributed by atoms with E-state index in [1.165, 1.54) is 23.5 Å². The van der Waals surface area contributed by atoms with Crippen LogP contribution in [-0.2, 0) is 0 Å². The van der Waals surface area contributed by atoms with E-state index in [9.17, 15) is 8.78 Å². The van der Waals surface area contributed by atoms with Crippen LogP contribution < -0.4 is 0 Å². The molecule has 0 atom stereocenters. The first-order chi connectivity index (χ1) is 8.75. The Morgan fingerprint density at radius 2 is 2.00 bits per heavy atom. The molecule has 0 spiro atoms. The third-order valence-electron chi connectivity index (χ3n) is 2.43. The third-order valence-corrected chi connectivity index (χ3v) is 3.31. The molecule has 0 aliphatic rings. The molecule has 0 bridgehead atoms. The van der Waals surface area contributed by atoms with E-state index in [2.05, 4.69) is 15.2 Å². The van der Waals surface area contributed by atoms with Gasteiger partial charge in [0.25, 0.3) is 0 Å². The molecule has 3 rings (SSSR count). The van der Waals surface area contributed by atoms with Crippen molar-refractivity contribution in [1.82, 2.24) is 15.2 Å². The zero-order valence-electron chi connectivity index (χ0n) is 9.02. The normalized spacial score (nSPS) is 10.8. The summed E-state index contributed by atoms with van der Waals surface area (Å²) in [5.74, 6) is -1.15. The average molecular weight is 263 g/mol. The Hall–Kier alpha value is -2.08. The van der Waals surface area contributed by atoms with Gasteiger partial charge in [0.2, 0.25) is 0 Å². The number of hydrogen-bond acceptors (Lipinski definition) is 3. The molecule has 2 aromatic heterocycles. The van der Waals surface area contributed by atoms with Crippen molar-refractivity contribution in [1.29, 1.82) is 0 Å². The highest BCUT2D eigenvalue weighted by Crippen LogP contribution is 2.25. The molecule has 90 valence electrons. The molecule has 3 aromatic rings. The van der Waals surface area contributed by atoms with Crippen LogP contribution in [0.25, 0.3) is 22.1 Å². The van der Waals surface area contributed by atoms with Crippen LogP contribution in [0.3, 0.4) is 0 Å². The van der Waals surface area contributed by atoms with E-state index < -0.39 is 11.6 Å². The van der Waals surface area contributed by atoms with Crippen LogP contribution in [-0.4, -0.2) is 15.2 Å². The second-order valence-corrected chi connectivity index (χ2v) is 4.53. The van der Waals surface area contributed by atoms with Crippen LogP contribution in [0.5, 0.6) is 0 Å². The summed E-state index contributed by atoms with van der Waals surface area (Å²) >= 11 is 1.49. The first-order valence-corrected chi connectivity index (χ1v) is 6.04. The smallest absolute Gasteiger partial charge is 0.184 e. The number of halogens is 2. The molecule has 1 N–H and O–H groups in total. The lowest BCUT2D eigenvalue weighted by atomic mass is 10.2. The van der Waals surface area contributed by atoms with E-state index in [1.807, 2.05) is 17.5 Å². The first kappa shape index (κ1) is 11.0. The lowest BCUT2D eigenvalue weighted by Crippen LogP contribution is -1.90. The molecule has 0 aliphatic carbocycles. The van der Waals surface area contributed by atoms with Crippen molar-refractivity contribution in [3.8, 4) is 22.1 Å². The van der Waals surface area contributed by atoms with E-state index in [0.717, 1.165) is 10.9 Å². The maximum atomic E-state index is 13.6. The van der Waals surface area contributed by atoms with E-state index in [1.54, 1.807) is 0 Å². The molecule has 2 heterocycles. The molecule has 6 heteroatoms. The molecule has 0 fully saturated rings. The van der Waals surface area contributed by atoms with Crippen molar-refractivity contribution < 1.29 is 8.78 Å². The number of H-pyrrole nitrogens is 1. The Morgan fingerprint density at radius 1 is 1.11 bits per heavy atom. The summed E-state index contributed by atoms with van der Waals surface area (Å²) in [5, 5.41) is 8.52. The molecule has 3 nitrogen and oxygen atoms in total. The molecular formula is C12H7F2N3S. The van der Waals surface area contributed by atoms with Gasteiger partial charge in [0, 0.05) is 0 Å². The number of aromatic amines is 1. The van der Waals surface area contributed by atoms with Gasteiger partial charge in [-0.3, -0.25) is 5.10 Å². The Kier molecular flexibility index (Phi) is 2.64. The summed E-state index contributed by atoms with van der Waals surface area (Å²) in [6.45, 7) is 0. The number of hydrogen-bond donors (Lipinski definition) is 1. The zero-order chi connectivity index (χ0) is 12.5. The largest absolute Gasteiger partial charge is 0.258 e. The van der Waals surface area contributed by atoms with Crippen molar-refractivity contribution in [2.45, 2.75) is 0 Å². The summed E-state index contributed by atoms with van der Waals surface area (Å²) in [6.07, 6.45) is 0. The highest BCUT2D eigenvalue weighted by molar-refractivity contribution is 7.13. The van der Waals surface area contributed by atoms with E-state index in [-0.39, 0.29) is 11.4 Å². The van der Waals surface area contributed by atoms with Gasteiger partial charge < -0.3 is 0 Å². The molecule has 0 aliphatic heterocycles. The highest BCUT2D eigenvalue weighted by atomic mass is 32.1. The summed E-state index contributed by atoms with van der Waals surface area (Å²) in [7, 11) is 0. The fraction of sp³-hybridized carbons (Fsp3) is 0. The van der Waals surface area contributed by atoms with Gasteiger partial charge in [-0.05, 0) is 23.6 Å². The van der Waals surface area contributed by atoms with Crippen LogP contribution in [0.1, 0.15) is 0 Å². The van der Waals surface area contributed by atoms with Crippen molar-refractivity contribution in [2.75, 3.05) is 0 Å². The SMILES string of the molecule is Fc1cccc(-c2n[nH]c(-c3cccs3)n2)c1F. The van der Waals surface area contributed by atoms with Gasteiger partial charge in [0.15, 0.2) is 23.3 Å². The molecule has 18 heavy (non-hydrogen) atoms. The quantitative estimate of drug-likeness (QED) is 0.769. The van der Waals surface area contributed by atoms with Crippen LogP contribution in [0, 0.1) is 11.6 Å². The summed E-state index contributed by atoms with van der Waals surface area (Å²) < 4.78 is 26.7. The summed E-state index contributed by atoms with van der Waals surface area (Å²) in [6, 6.07) is 7.68. The Bertz CT molecular complexity index is 676. The summed E-state index contributed by atoms with van der Waals surface area (Å²) in [4.78, 5) is 5.06. The summed E-state index contributed by atoms with van der Waals surface area (Å²) in [5.41, 5.74) is 0.0501. The standard InChI is InChI=1S/C12H7F2N3S/c13-8-4-1-3-7(10(8)14)11-15-12(17-16-11)9-5-2-6-18-9/h1-6H,(H,15,16,17). The zero-order valence-corrected chi connectivity index (χ0v) is 9.84. The molecule has 0 radical (unpaired) electrons. The predicted octanol–water partition coefficient (Wildman–Crippen LogP) is 3.48. The van der Waals surface area contributed by atoms with Crippen LogP contribution in [0.15, 0.2) is 35.7 Å². The monoisotopic (exact) mass is 263 g/mol. The van der Waals surface area contributed by atoms with Crippen LogP contribution in [0.4, 0.5) is 8.78 Å². The van der Waals surface area contributed by atoms with Crippen molar-refractivity contribution >= 4 is 11.3 Å². The van der Waals surface area contributed by atoms with Crippen molar-refractivity contribution in [3.05, 3.63) is 47.3 Å². The first-order valence-electron chi connectivity index (χ1n) is 5.16. The average Bonchev–Trinajstić information content (AvgIpc) is 3.01. The van der Waals surface area contributed by atoms with Crippen LogP contribution in [0.2, 0.25) is 0 Å². The Balaban J connectivity index is 2.06. The van der Waals surface area contributed by atoms with E-state index >= 15 is 0 Å². The molecule has 0 saturated carbocycles. The van der Waals surface area contributed by atoms with Gasteiger partial charge >= 0.3 is 0 Å². The number of nitrogens with one attached hydrogen (secondary N) is 1. The minimum atomic E-state index is -0.936. The van der Waals surface area contributed by atoms with Gasteiger partial charge in [0.05, 0.1) is 10.4 Å². The minimum Gasteiger partial charge on any atom is -0.258 e. The maximum absolute atomic E-state index is 13.6. The number of rotatable bonds is 2. The predicted molar refractivity (Wildman–Crippen MR) is 65.0 cm³/mol. The molecule has 0 unspecified atom stereocenters. The lowest BCUT2D eigenvalue weighted by molar-refractivity contribution is 0.510. The number of nitrogens with zero attached hydrogens (tertiary/aromatic N) is 2. The van der Waals surface area contributed by atoms with Crippen molar-refractivity contribution in [2.24, 2.45) is 0 Å². The number of aromatic nitrogens is 3. The topological polar surface area (TPSA) is 41.6 Å². The third kappa shape index (κ3) is 1.80. The number of benzene rings is 1. The van der Waals surface area contributed by atoms with E-state index in [0.29, 0.717) is 5.82 Å². The molecular weight excluding hydrogens is 256 g/mol. The second-order valence-electron chi connectivity index (χ2n) is 3.59. The Labute approximate surface area is 105 Å². The molecule has 0 saturated heterocycles. The van der Waals surface area contributed by atoms with Crippen LogP contribution >= 0.6 is 11.3 Å².